The first-order chi connectivity index (χ1) is 9.66. The number of carbonyl (C=O) groups excluding carboxylic acids is 1. The fourth-order valence-corrected chi connectivity index (χ4v) is 2.48. The van der Waals surface area contributed by atoms with Crippen molar-refractivity contribution in [1.29, 1.82) is 0 Å². The number of fused-ring (bicyclic) bond motifs is 1. The quantitative estimate of drug-likeness (QED) is 0.906. The molecule has 0 spiro atoms. The molecule has 1 amide bonds. The number of allylic oxidation sites excluding steroid dienone is 1. The lowest BCUT2D eigenvalue weighted by Gasteiger charge is -2.11. The van der Waals surface area contributed by atoms with Crippen molar-refractivity contribution in [2.24, 2.45) is 0 Å². The molecule has 0 atom stereocenters. The summed E-state index contributed by atoms with van der Waals surface area (Å²) in [5, 5.41) is 9.61. The number of amides is 1. The van der Waals surface area contributed by atoms with E-state index in [9.17, 15) is 9.90 Å². The van der Waals surface area contributed by atoms with Gasteiger partial charge in [-0.05, 0) is 30.2 Å². The maximum atomic E-state index is 12.1. The van der Waals surface area contributed by atoms with Gasteiger partial charge < -0.3 is 10.0 Å². The maximum Gasteiger partial charge on any atom is 0.258 e. The van der Waals surface area contributed by atoms with Crippen LogP contribution in [0.2, 0.25) is 0 Å². The van der Waals surface area contributed by atoms with Gasteiger partial charge in [0.25, 0.3) is 5.91 Å². The predicted octanol–water partition coefficient (Wildman–Crippen LogP) is 3.06. The first-order valence-electron chi connectivity index (χ1n) is 6.52. The van der Waals surface area contributed by atoms with E-state index in [-0.39, 0.29) is 11.7 Å². The second-order valence-electron chi connectivity index (χ2n) is 4.87. The highest BCUT2D eigenvalue weighted by Gasteiger charge is 2.29. The highest BCUT2D eigenvalue weighted by molar-refractivity contribution is 6.09. The number of nitrogens with zero attached hydrogens (tertiary/aromatic N) is 1. The van der Waals surface area contributed by atoms with Crippen molar-refractivity contribution in [3.8, 4) is 5.75 Å². The van der Waals surface area contributed by atoms with Crippen molar-refractivity contribution < 1.29 is 9.90 Å². The zero-order valence-corrected chi connectivity index (χ0v) is 11.2. The van der Waals surface area contributed by atoms with Crippen molar-refractivity contribution >= 4 is 11.6 Å². The van der Waals surface area contributed by atoms with Gasteiger partial charge in [-0.25, -0.2) is 0 Å². The lowest BCUT2D eigenvalue weighted by molar-refractivity contribution is 0.0874. The topological polar surface area (TPSA) is 40.5 Å². The van der Waals surface area contributed by atoms with Crippen LogP contribution in [0.4, 0.5) is 0 Å². The molecule has 0 bridgehead atoms. The molecular weight excluding hydrogens is 250 g/mol. The minimum Gasteiger partial charge on any atom is -0.508 e. The van der Waals surface area contributed by atoms with Gasteiger partial charge in [-0.2, -0.15) is 0 Å². The molecular formula is C17H15NO2. The first kappa shape index (κ1) is 12.5. The smallest absolute Gasteiger partial charge is 0.258 e. The average Bonchev–Trinajstić information content (AvgIpc) is 2.70. The van der Waals surface area contributed by atoms with E-state index in [0.717, 1.165) is 17.7 Å². The zero-order valence-electron chi connectivity index (χ0n) is 11.2. The Hall–Kier alpha value is -2.55. The molecule has 0 saturated heterocycles. The number of hydrogen-bond acceptors (Lipinski definition) is 2. The molecule has 2 aromatic carbocycles. The third kappa shape index (κ3) is 2.07. The maximum absolute atomic E-state index is 12.1. The Labute approximate surface area is 117 Å². The number of carbonyl (C=O) groups is 1. The van der Waals surface area contributed by atoms with Crippen LogP contribution in [0.25, 0.3) is 5.70 Å². The summed E-state index contributed by atoms with van der Waals surface area (Å²) >= 11 is 0. The van der Waals surface area contributed by atoms with Gasteiger partial charge in [-0.15, -0.1) is 0 Å². The monoisotopic (exact) mass is 265 g/mol. The molecule has 3 nitrogen and oxygen atoms in total. The standard InChI is InChI=1S/C17H15NO2/c1-18-16(10-7-12-5-3-2-4-6-12)15-11-13(19)8-9-14(15)17(18)20/h2-6,8-11,19H,7H2,1H3/b16-10+. The predicted molar refractivity (Wildman–Crippen MR) is 78.3 cm³/mol. The minimum absolute atomic E-state index is 0.0284. The summed E-state index contributed by atoms with van der Waals surface area (Å²) in [5.74, 6) is 0.150. The van der Waals surface area contributed by atoms with Crippen molar-refractivity contribution in [3.05, 3.63) is 71.3 Å². The molecule has 0 unspecified atom stereocenters. The van der Waals surface area contributed by atoms with Crippen LogP contribution < -0.4 is 0 Å². The Morgan fingerprint density at radius 3 is 2.60 bits per heavy atom. The SMILES string of the molecule is CN1C(=O)c2ccc(O)cc2/C1=C\Cc1ccccc1. The van der Waals surface area contributed by atoms with Crippen LogP contribution in [0.15, 0.2) is 54.6 Å². The summed E-state index contributed by atoms with van der Waals surface area (Å²) in [6.45, 7) is 0. The Kier molecular flexibility index (Phi) is 3.03. The summed E-state index contributed by atoms with van der Waals surface area (Å²) in [6.07, 6.45) is 2.78. The molecule has 0 aromatic heterocycles. The van der Waals surface area contributed by atoms with Gasteiger partial charge in [0.05, 0.1) is 0 Å². The third-order valence-electron chi connectivity index (χ3n) is 3.55. The Morgan fingerprint density at radius 2 is 1.85 bits per heavy atom. The highest BCUT2D eigenvalue weighted by atomic mass is 16.3. The van der Waals surface area contributed by atoms with Gasteiger partial charge in [0.2, 0.25) is 0 Å². The van der Waals surface area contributed by atoms with Crippen LogP contribution in [0.5, 0.6) is 5.75 Å². The van der Waals surface area contributed by atoms with Gasteiger partial charge in [0.1, 0.15) is 5.75 Å². The molecule has 100 valence electrons. The molecule has 0 fully saturated rings. The second kappa shape index (κ2) is 4.85. The summed E-state index contributed by atoms with van der Waals surface area (Å²) < 4.78 is 0. The highest BCUT2D eigenvalue weighted by Crippen LogP contribution is 2.33. The molecule has 0 saturated carbocycles. The number of hydrogen-bond donors (Lipinski definition) is 1. The summed E-state index contributed by atoms with van der Waals surface area (Å²) in [4.78, 5) is 13.8. The van der Waals surface area contributed by atoms with E-state index in [1.54, 1.807) is 30.1 Å². The normalized spacial score (nSPS) is 15.8. The molecule has 0 aliphatic carbocycles. The van der Waals surface area contributed by atoms with Crippen LogP contribution in [-0.2, 0) is 6.42 Å². The lowest BCUT2D eigenvalue weighted by atomic mass is 10.1. The van der Waals surface area contributed by atoms with Gasteiger partial charge in [0.15, 0.2) is 0 Å². The van der Waals surface area contributed by atoms with Gasteiger partial charge in [0, 0.05) is 23.9 Å². The largest absolute Gasteiger partial charge is 0.508 e. The number of aromatic hydroxyl groups is 1. The Morgan fingerprint density at radius 1 is 1.10 bits per heavy atom. The van der Waals surface area contributed by atoms with Crippen LogP contribution in [0.3, 0.4) is 0 Å². The molecule has 3 heteroatoms. The van der Waals surface area contributed by atoms with Crippen LogP contribution in [0, 0.1) is 0 Å². The molecule has 2 aromatic rings. The van der Waals surface area contributed by atoms with E-state index in [1.165, 1.54) is 5.56 Å². The molecule has 1 N–H and O–H groups in total. The van der Waals surface area contributed by atoms with Crippen molar-refractivity contribution in [2.75, 3.05) is 7.05 Å². The number of phenolic OH excluding ortho intramolecular Hbond substituents is 1. The van der Waals surface area contributed by atoms with Crippen molar-refractivity contribution in [2.45, 2.75) is 6.42 Å². The molecule has 0 radical (unpaired) electrons. The van der Waals surface area contributed by atoms with Gasteiger partial charge in [-0.1, -0.05) is 36.4 Å². The van der Waals surface area contributed by atoms with E-state index in [1.807, 2.05) is 24.3 Å². The summed E-state index contributed by atoms with van der Waals surface area (Å²) in [7, 11) is 1.76. The van der Waals surface area contributed by atoms with Crippen LogP contribution in [-0.4, -0.2) is 23.0 Å². The van der Waals surface area contributed by atoms with Gasteiger partial charge >= 0.3 is 0 Å². The molecule has 1 heterocycles. The molecule has 3 rings (SSSR count). The van der Waals surface area contributed by atoms with Crippen LogP contribution >= 0.6 is 0 Å². The molecule has 20 heavy (non-hydrogen) atoms. The summed E-state index contributed by atoms with van der Waals surface area (Å²) in [5.41, 5.74) is 3.48. The van der Waals surface area contributed by atoms with E-state index in [4.69, 9.17) is 0 Å². The summed E-state index contributed by atoms with van der Waals surface area (Å²) in [6, 6.07) is 14.9. The molecule has 1 aliphatic rings. The Bertz CT molecular complexity index is 689. The first-order valence-corrected chi connectivity index (χ1v) is 6.52. The fraction of sp³-hybridized carbons (Fsp3) is 0.118. The lowest BCUT2D eigenvalue weighted by Crippen LogP contribution is -2.17. The fourth-order valence-electron chi connectivity index (χ4n) is 2.48. The average molecular weight is 265 g/mol. The minimum atomic E-state index is -0.0284. The van der Waals surface area contributed by atoms with Crippen molar-refractivity contribution in [1.82, 2.24) is 4.90 Å². The second-order valence-corrected chi connectivity index (χ2v) is 4.87. The van der Waals surface area contributed by atoms with Crippen molar-refractivity contribution in [3.63, 3.8) is 0 Å². The Balaban J connectivity index is 1.98. The number of benzene rings is 2. The number of rotatable bonds is 2. The van der Waals surface area contributed by atoms with E-state index < -0.39 is 0 Å². The zero-order chi connectivity index (χ0) is 14.1. The van der Waals surface area contributed by atoms with E-state index in [2.05, 4.69) is 12.1 Å². The van der Waals surface area contributed by atoms with Crippen LogP contribution in [0.1, 0.15) is 21.5 Å². The third-order valence-corrected chi connectivity index (χ3v) is 3.55. The van der Waals surface area contributed by atoms with Gasteiger partial charge in [-0.3, -0.25) is 4.79 Å². The molecule has 1 aliphatic heterocycles. The number of phenols is 1. The van der Waals surface area contributed by atoms with E-state index in [0.29, 0.717) is 5.56 Å². The van der Waals surface area contributed by atoms with E-state index >= 15 is 0 Å².